The highest BCUT2D eigenvalue weighted by Crippen LogP contribution is 2.29. The van der Waals surface area contributed by atoms with Crippen LogP contribution in [-0.4, -0.2) is 29.3 Å². The molecule has 1 atom stereocenters. The van der Waals surface area contributed by atoms with Gasteiger partial charge in [0.1, 0.15) is 10.0 Å². The molecule has 8 heteroatoms. The Kier molecular flexibility index (Phi) is 5.55. The molecule has 1 unspecified atom stereocenters. The Morgan fingerprint density at radius 3 is 2.48 bits per heavy atom. The molecule has 0 aliphatic heterocycles. The number of sulfonamides is 1. The van der Waals surface area contributed by atoms with Crippen molar-refractivity contribution in [3.8, 4) is 5.69 Å². The predicted octanol–water partition coefficient (Wildman–Crippen LogP) is 4.45. The van der Waals surface area contributed by atoms with E-state index in [1.165, 1.54) is 11.4 Å². The molecule has 6 nitrogen and oxygen atoms in total. The summed E-state index contributed by atoms with van der Waals surface area (Å²) in [6.07, 6.45) is 0. The first-order valence-electron chi connectivity index (χ1n) is 9.82. The zero-order valence-corrected chi connectivity index (χ0v) is 19.4. The minimum absolute atomic E-state index is 0.221. The number of para-hydroxylation sites is 1. The summed E-state index contributed by atoms with van der Waals surface area (Å²) in [5, 5.41) is 2.22. The van der Waals surface area contributed by atoms with Crippen LogP contribution in [0.1, 0.15) is 29.9 Å². The summed E-state index contributed by atoms with van der Waals surface area (Å²) in [5.74, 6) is 0.373. The van der Waals surface area contributed by atoms with Gasteiger partial charge in [0.25, 0.3) is 15.6 Å². The van der Waals surface area contributed by atoms with Gasteiger partial charge in [-0.25, -0.2) is 13.4 Å². The van der Waals surface area contributed by atoms with Crippen molar-refractivity contribution in [2.24, 2.45) is 0 Å². The molecule has 2 aromatic heterocycles. The van der Waals surface area contributed by atoms with Gasteiger partial charge in [0.05, 0.1) is 22.6 Å². The van der Waals surface area contributed by atoms with Gasteiger partial charge in [-0.3, -0.25) is 9.36 Å². The van der Waals surface area contributed by atoms with Gasteiger partial charge < -0.3 is 0 Å². The minimum atomic E-state index is -3.73. The summed E-state index contributed by atoms with van der Waals surface area (Å²) in [6.45, 7) is 5.68. The molecule has 0 saturated heterocycles. The molecule has 0 N–H and O–H groups in total. The highest BCUT2D eigenvalue weighted by molar-refractivity contribution is 7.91. The standard InChI is InChI=1S/C23H23N3O3S2/c1-15-11-12-20(16(2)14-15)26-22(24-19-9-6-5-8-18(19)23(26)27)17(3)25(4)31(28,29)21-10-7-13-30-21/h5-14,17H,1-4H3. The summed E-state index contributed by atoms with van der Waals surface area (Å²) >= 11 is 1.16. The van der Waals surface area contributed by atoms with E-state index in [1.54, 1.807) is 47.2 Å². The third-order valence-corrected chi connectivity index (χ3v) is 8.74. The van der Waals surface area contributed by atoms with E-state index >= 15 is 0 Å². The van der Waals surface area contributed by atoms with Crippen LogP contribution in [0.2, 0.25) is 0 Å². The maximum absolute atomic E-state index is 13.5. The van der Waals surface area contributed by atoms with E-state index < -0.39 is 16.1 Å². The first-order chi connectivity index (χ1) is 14.7. The fourth-order valence-electron chi connectivity index (χ4n) is 3.64. The molecule has 4 aromatic rings. The topological polar surface area (TPSA) is 72.3 Å². The number of benzene rings is 2. The summed E-state index contributed by atoms with van der Waals surface area (Å²) in [6, 6.07) is 15.5. The van der Waals surface area contributed by atoms with Crippen LogP contribution < -0.4 is 5.56 Å². The normalized spacial score (nSPS) is 13.1. The Bertz CT molecular complexity index is 1420. The molecule has 2 aromatic carbocycles. The van der Waals surface area contributed by atoms with Crippen molar-refractivity contribution >= 4 is 32.3 Å². The summed E-state index contributed by atoms with van der Waals surface area (Å²) in [5.41, 5.74) is 3.00. The van der Waals surface area contributed by atoms with E-state index in [0.717, 1.165) is 22.5 Å². The van der Waals surface area contributed by atoms with Gasteiger partial charge in [-0.1, -0.05) is 35.9 Å². The maximum atomic E-state index is 13.5. The molecule has 0 spiro atoms. The molecule has 0 aliphatic rings. The molecule has 160 valence electrons. The van der Waals surface area contributed by atoms with Gasteiger partial charge >= 0.3 is 0 Å². The van der Waals surface area contributed by atoms with E-state index in [2.05, 4.69) is 0 Å². The lowest BCUT2D eigenvalue weighted by molar-refractivity contribution is 0.380. The second kappa shape index (κ2) is 8.03. The number of aromatic nitrogens is 2. The second-order valence-corrected chi connectivity index (χ2v) is 10.7. The first kappa shape index (κ1) is 21.4. The van der Waals surface area contributed by atoms with Crippen LogP contribution in [0.5, 0.6) is 0 Å². The van der Waals surface area contributed by atoms with E-state index in [4.69, 9.17) is 4.98 Å². The molecule has 0 amide bonds. The summed E-state index contributed by atoms with van der Waals surface area (Å²) in [7, 11) is -2.21. The number of nitrogens with zero attached hydrogens (tertiary/aromatic N) is 3. The molecule has 0 bridgehead atoms. The monoisotopic (exact) mass is 453 g/mol. The molecule has 31 heavy (non-hydrogen) atoms. The zero-order valence-electron chi connectivity index (χ0n) is 17.7. The molecule has 2 heterocycles. The Labute approximate surface area is 185 Å². The van der Waals surface area contributed by atoms with Crippen molar-refractivity contribution in [1.82, 2.24) is 13.9 Å². The number of hydrogen-bond acceptors (Lipinski definition) is 5. The highest BCUT2D eigenvalue weighted by Gasteiger charge is 2.30. The Morgan fingerprint density at radius 1 is 1.06 bits per heavy atom. The third kappa shape index (κ3) is 3.71. The highest BCUT2D eigenvalue weighted by atomic mass is 32.2. The second-order valence-electron chi connectivity index (χ2n) is 7.55. The van der Waals surface area contributed by atoms with Crippen molar-refractivity contribution in [3.05, 3.63) is 87.3 Å². The molecule has 0 radical (unpaired) electrons. The average Bonchev–Trinajstić information content (AvgIpc) is 3.29. The van der Waals surface area contributed by atoms with Gasteiger partial charge in [0.15, 0.2) is 0 Å². The average molecular weight is 454 g/mol. The molecule has 0 saturated carbocycles. The Hall–Kier alpha value is -2.81. The van der Waals surface area contributed by atoms with Crippen LogP contribution in [0.25, 0.3) is 16.6 Å². The minimum Gasteiger partial charge on any atom is -0.268 e. The molecular formula is C23H23N3O3S2. The lowest BCUT2D eigenvalue weighted by Crippen LogP contribution is -2.34. The first-order valence-corrected chi connectivity index (χ1v) is 12.1. The van der Waals surface area contributed by atoms with Crippen LogP contribution in [-0.2, 0) is 10.0 Å². The zero-order chi connectivity index (χ0) is 22.3. The van der Waals surface area contributed by atoms with Crippen LogP contribution in [0.3, 0.4) is 0 Å². The molecule has 0 aliphatic carbocycles. The van der Waals surface area contributed by atoms with E-state index in [-0.39, 0.29) is 9.77 Å². The fourth-order valence-corrected chi connectivity index (χ4v) is 6.14. The van der Waals surface area contributed by atoms with E-state index in [1.807, 2.05) is 38.1 Å². The van der Waals surface area contributed by atoms with Gasteiger partial charge in [-0.2, -0.15) is 4.31 Å². The summed E-state index contributed by atoms with van der Waals surface area (Å²) in [4.78, 5) is 18.3. The lowest BCUT2D eigenvalue weighted by Gasteiger charge is -2.26. The summed E-state index contributed by atoms with van der Waals surface area (Å²) < 4.78 is 29.3. The number of hydrogen-bond donors (Lipinski definition) is 0. The van der Waals surface area contributed by atoms with E-state index in [9.17, 15) is 13.2 Å². The molecular weight excluding hydrogens is 430 g/mol. The number of thiophene rings is 1. The van der Waals surface area contributed by atoms with E-state index in [0.29, 0.717) is 22.4 Å². The Balaban J connectivity index is 1.97. The van der Waals surface area contributed by atoms with Gasteiger partial charge in [-0.15, -0.1) is 11.3 Å². The number of aryl methyl sites for hydroxylation is 2. The number of rotatable bonds is 5. The third-order valence-electron chi connectivity index (χ3n) is 5.44. The van der Waals surface area contributed by atoms with Gasteiger partial charge in [0.2, 0.25) is 0 Å². The molecule has 4 rings (SSSR count). The van der Waals surface area contributed by atoms with Crippen molar-refractivity contribution in [3.63, 3.8) is 0 Å². The van der Waals surface area contributed by atoms with Crippen molar-refractivity contribution in [1.29, 1.82) is 0 Å². The SMILES string of the molecule is Cc1ccc(-n2c(C(C)N(C)S(=O)(=O)c3cccs3)nc3ccccc3c2=O)c(C)c1. The van der Waals surface area contributed by atoms with Crippen molar-refractivity contribution < 1.29 is 8.42 Å². The lowest BCUT2D eigenvalue weighted by atomic mass is 10.1. The largest absolute Gasteiger partial charge is 0.268 e. The fraction of sp³-hybridized carbons (Fsp3) is 0.217. The van der Waals surface area contributed by atoms with Crippen LogP contribution >= 0.6 is 11.3 Å². The van der Waals surface area contributed by atoms with Crippen LogP contribution in [0.15, 0.2) is 69.0 Å². The number of fused-ring (bicyclic) bond motifs is 1. The van der Waals surface area contributed by atoms with Crippen LogP contribution in [0.4, 0.5) is 0 Å². The van der Waals surface area contributed by atoms with Crippen LogP contribution in [0, 0.1) is 13.8 Å². The van der Waals surface area contributed by atoms with Crippen molar-refractivity contribution in [2.45, 2.75) is 31.0 Å². The van der Waals surface area contributed by atoms with Gasteiger partial charge in [-0.05, 0) is 56.0 Å². The quantitative estimate of drug-likeness (QED) is 0.448. The Morgan fingerprint density at radius 2 is 1.81 bits per heavy atom. The predicted molar refractivity (Wildman–Crippen MR) is 124 cm³/mol. The van der Waals surface area contributed by atoms with Gasteiger partial charge in [0, 0.05) is 7.05 Å². The van der Waals surface area contributed by atoms with Crippen molar-refractivity contribution in [2.75, 3.05) is 7.05 Å². The maximum Gasteiger partial charge on any atom is 0.266 e. The molecule has 0 fully saturated rings. The smallest absolute Gasteiger partial charge is 0.266 e.